The van der Waals surface area contributed by atoms with Gasteiger partial charge in [0.25, 0.3) is 0 Å². The van der Waals surface area contributed by atoms with Gasteiger partial charge in [-0.3, -0.25) is 10.5 Å². The summed E-state index contributed by atoms with van der Waals surface area (Å²) in [5.74, 6) is 0. The predicted octanol–water partition coefficient (Wildman–Crippen LogP) is -1.93. The van der Waals surface area contributed by atoms with E-state index in [2.05, 4.69) is 0 Å². The summed E-state index contributed by atoms with van der Waals surface area (Å²) in [5, 5.41) is 12.0. The molecule has 0 aliphatic rings. The fraction of sp³-hybridized carbons (Fsp3) is 0. The topological polar surface area (TPSA) is 40.5 Å². The van der Waals surface area contributed by atoms with E-state index in [1.807, 2.05) is 0 Å². The van der Waals surface area contributed by atoms with Crippen molar-refractivity contribution in [2.75, 3.05) is 0 Å². The van der Waals surface area contributed by atoms with Gasteiger partial charge in [-0.05, 0) is 0 Å². The van der Waals surface area contributed by atoms with Crippen molar-refractivity contribution in [2.24, 2.45) is 0 Å². The summed E-state index contributed by atoms with van der Waals surface area (Å²) in [6.45, 7) is 0. The second-order valence-electron chi connectivity index (χ2n) is 0. The molecule has 5 heteroatoms. The zero-order valence-electron chi connectivity index (χ0n) is 0.894. The van der Waals surface area contributed by atoms with Crippen molar-refractivity contribution >= 4 is 56.6 Å². The van der Waals surface area contributed by atoms with Crippen LogP contribution in [0.1, 0.15) is 0 Å². The Labute approximate surface area is 66.8 Å². The van der Waals surface area contributed by atoms with Crippen LogP contribution in [0.15, 0.2) is 0 Å². The van der Waals surface area contributed by atoms with Crippen molar-refractivity contribution in [1.29, 1.82) is 0 Å². The molecular weight excluding hydrogens is 52.8 g/mol. The first-order valence-corrected chi connectivity index (χ1v) is 0.200. The molecule has 0 saturated heterocycles. The van der Waals surface area contributed by atoms with Crippen LogP contribution in [0.3, 0.4) is 0 Å². The van der Waals surface area contributed by atoms with Gasteiger partial charge >= 0.3 is 56.6 Å². The van der Waals surface area contributed by atoms with Crippen molar-refractivity contribution in [1.82, 2.24) is 0 Å². The van der Waals surface area contributed by atoms with E-state index in [0.29, 0.717) is 0 Å². The molecule has 0 bridgehead atoms. The van der Waals surface area contributed by atoms with E-state index in [1.54, 1.807) is 0 Å². The van der Waals surface area contributed by atoms with Crippen molar-refractivity contribution in [3.05, 3.63) is 0 Å². The molecule has 0 aromatic heterocycles. The Kier molecular flexibility index (Phi) is 258. The monoisotopic (exact) mass is 58.1 g/mol. The number of hydrogen-bond donors (Lipinski definition) is 2. The summed E-state index contributed by atoms with van der Waals surface area (Å²) in [6, 6.07) is 0. The predicted molar refractivity (Wildman–Crippen MR) is 26.7 cm³/mol. The molecule has 0 heterocycles. The standard InChI is InChI=1S/3Li.H2O2.3H/c;;;1-2;;;/h;;;1-2H;;;. The molecule has 0 rings (SSSR count). The second-order valence-corrected chi connectivity index (χ2v) is 0. The molecule has 0 unspecified atom stereocenters. The molecule has 20 valence electrons. The van der Waals surface area contributed by atoms with Crippen LogP contribution in [0.25, 0.3) is 0 Å². The van der Waals surface area contributed by atoms with Crippen molar-refractivity contribution in [3.8, 4) is 0 Å². The minimum atomic E-state index is 0. The summed E-state index contributed by atoms with van der Waals surface area (Å²) in [4.78, 5) is 0. The Hall–Kier alpha value is 1.71. The Morgan fingerprint density at radius 3 is 0.600 bits per heavy atom. The van der Waals surface area contributed by atoms with Gasteiger partial charge in [-0.25, -0.2) is 0 Å². The van der Waals surface area contributed by atoms with E-state index in [9.17, 15) is 0 Å². The second kappa shape index (κ2) is 43.3. The van der Waals surface area contributed by atoms with Gasteiger partial charge in [-0.15, -0.1) is 0 Å². The van der Waals surface area contributed by atoms with E-state index in [-0.39, 0.29) is 56.6 Å². The number of hydrogen-bond acceptors (Lipinski definition) is 2. The Morgan fingerprint density at radius 1 is 0.600 bits per heavy atom. The van der Waals surface area contributed by atoms with Crippen LogP contribution in [0.2, 0.25) is 0 Å². The summed E-state index contributed by atoms with van der Waals surface area (Å²) in [7, 11) is 0. The zero-order valence-corrected chi connectivity index (χ0v) is 0.894. The Morgan fingerprint density at radius 2 is 0.600 bits per heavy atom. The first kappa shape index (κ1) is 29.8. The van der Waals surface area contributed by atoms with E-state index in [0.717, 1.165) is 0 Å². The van der Waals surface area contributed by atoms with Crippen LogP contribution in [0.4, 0.5) is 0 Å². The van der Waals surface area contributed by atoms with Gasteiger partial charge in [0.15, 0.2) is 0 Å². The van der Waals surface area contributed by atoms with E-state index < -0.39 is 0 Å². The molecule has 0 aliphatic heterocycles. The fourth-order valence-corrected chi connectivity index (χ4v) is 0. The Bertz CT molecular complexity index is 4.85. The van der Waals surface area contributed by atoms with Gasteiger partial charge in [0.1, 0.15) is 0 Å². The summed E-state index contributed by atoms with van der Waals surface area (Å²) in [6.07, 6.45) is 0. The van der Waals surface area contributed by atoms with Crippen LogP contribution in [0, 0.1) is 0 Å². The van der Waals surface area contributed by atoms with Crippen LogP contribution in [0.5, 0.6) is 0 Å². The average Bonchev–Trinajstić information content (AvgIpc) is 1.00. The van der Waals surface area contributed by atoms with Gasteiger partial charge < -0.3 is 0 Å². The zero-order chi connectivity index (χ0) is 2.00. The van der Waals surface area contributed by atoms with Crippen molar-refractivity contribution < 1.29 is 10.5 Å². The molecule has 0 aliphatic carbocycles. The first-order chi connectivity index (χ1) is 1.00. The molecule has 0 spiro atoms. The molecule has 0 saturated carbocycles. The van der Waals surface area contributed by atoms with Gasteiger partial charge in [0.2, 0.25) is 0 Å². The molecule has 0 aromatic rings. The summed E-state index contributed by atoms with van der Waals surface area (Å²) < 4.78 is 0. The normalized spacial score (nSPS) is 1.20. The molecule has 5 heavy (non-hydrogen) atoms. The van der Waals surface area contributed by atoms with Crippen LogP contribution >= 0.6 is 0 Å². The molecule has 2 N–H and O–H groups in total. The van der Waals surface area contributed by atoms with Crippen LogP contribution in [-0.4, -0.2) is 67.1 Å². The van der Waals surface area contributed by atoms with Gasteiger partial charge in [-0.2, -0.15) is 0 Å². The molecule has 0 radical (unpaired) electrons. The maximum atomic E-state index is 6.00. The van der Waals surface area contributed by atoms with E-state index in [1.165, 1.54) is 0 Å². The average molecular weight is 57.9 g/mol. The summed E-state index contributed by atoms with van der Waals surface area (Å²) >= 11 is 0. The van der Waals surface area contributed by atoms with Crippen molar-refractivity contribution in [2.45, 2.75) is 0 Å². The van der Waals surface area contributed by atoms with E-state index >= 15 is 0 Å². The molecule has 0 atom stereocenters. The Balaban J connectivity index is -0.00000000167. The SMILES string of the molecule is OO.[LiH].[LiH].[LiH]. The molecule has 0 aromatic carbocycles. The third kappa shape index (κ3) is 26.9. The third-order valence-corrected chi connectivity index (χ3v) is 0. The first-order valence-electron chi connectivity index (χ1n) is 0.200. The molecule has 0 fully saturated rings. The third-order valence-electron chi connectivity index (χ3n) is 0. The minimum absolute atomic E-state index is 0. The van der Waals surface area contributed by atoms with Crippen molar-refractivity contribution in [3.63, 3.8) is 0 Å². The van der Waals surface area contributed by atoms with Gasteiger partial charge in [0.05, 0.1) is 0 Å². The summed E-state index contributed by atoms with van der Waals surface area (Å²) in [5.41, 5.74) is 0. The van der Waals surface area contributed by atoms with Gasteiger partial charge in [-0.1, -0.05) is 0 Å². The van der Waals surface area contributed by atoms with Crippen LogP contribution < -0.4 is 0 Å². The van der Waals surface area contributed by atoms with Crippen LogP contribution in [-0.2, 0) is 0 Å². The fourth-order valence-electron chi connectivity index (χ4n) is 0. The quantitative estimate of drug-likeness (QED) is 0.193. The molecular formula is H5Li3O2. The van der Waals surface area contributed by atoms with E-state index in [4.69, 9.17) is 10.5 Å². The van der Waals surface area contributed by atoms with Gasteiger partial charge in [0, 0.05) is 0 Å². The molecule has 2 nitrogen and oxygen atoms in total. The maximum absolute atomic E-state index is 6.00. The molecule has 0 amide bonds. The number of rotatable bonds is 0.